The van der Waals surface area contributed by atoms with Gasteiger partial charge >= 0.3 is 0 Å². The fourth-order valence-corrected chi connectivity index (χ4v) is 3.08. The fraction of sp³-hybridized carbons (Fsp3) is 0.625. The maximum atomic E-state index is 3.72. The minimum Gasteiger partial charge on any atom is -0.372 e. The monoisotopic (exact) mass is 322 g/mol. The second kappa shape index (κ2) is 5.45. The first-order valence-electron chi connectivity index (χ1n) is 7.40. The van der Waals surface area contributed by atoms with Gasteiger partial charge in [-0.3, -0.25) is 0 Å². The van der Waals surface area contributed by atoms with Crippen molar-refractivity contribution in [1.82, 2.24) is 5.32 Å². The van der Waals surface area contributed by atoms with Gasteiger partial charge in [0.05, 0.1) is 0 Å². The number of hydrogen-bond acceptors (Lipinski definition) is 2. The first kappa shape index (κ1) is 13.4. The number of halogens is 1. The summed E-state index contributed by atoms with van der Waals surface area (Å²) in [4.78, 5) is 2.42. The van der Waals surface area contributed by atoms with E-state index in [1.54, 1.807) is 0 Å². The number of hydrogen-bond donors (Lipinski definition) is 1. The van der Waals surface area contributed by atoms with E-state index in [9.17, 15) is 0 Å². The van der Waals surface area contributed by atoms with Crippen LogP contribution in [0.15, 0.2) is 22.7 Å². The van der Waals surface area contributed by atoms with Gasteiger partial charge in [-0.1, -0.05) is 22.0 Å². The number of nitrogens with zero attached hydrogens (tertiary/aromatic N) is 1. The molecule has 2 aliphatic rings. The van der Waals surface area contributed by atoms with E-state index in [0.717, 1.165) is 18.5 Å². The van der Waals surface area contributed by atoms with Gasteiger partial charge in [-0.05, 0) is 56.2 Å². The molecule has 1 aromatic rings. The van der Waals surface area contributed by atoms with Gasteiger partial charge in [-0.15, -0.1) is 0 Å². The van der Waals surface area contributed by atoms with Gasteiger partial charge in [0.15, 0.2) is 0 Å². The highest BCUT2D eigenvalue weighted by molar-refractivity contribution is 9.10. The Morgan fingerprint density at radius 1 is 1.32 bits per heavy atom. The second-order valence-electron chi connectivity index (χ2n) is 6.12. The molecule has 0 radical (unpaired) electrons. The largest absolute Gasteiger partial charge is 0.372 e. The predicted molar refractivity (Wildman–Crippen MR) is 84.6 cm³/mol. The molecule has 1 atom stereocenters. The van der Waals surface area contributed by atoms with Crippen LogP contribution in [0.5, 0.6) is 0 Å². The Balaban J connectivity index is 1.66. The van der Waals surface area contributed by atoms with Crippen molar-refractivity contribution in [2.75, 3.05) is 11.9 Å². The van der Waals surface area contributed by atoms with Gasteiger partial charge in [-0.2, -0.15) is 0 Å². The summed E-state index contributed by atoms with van der Waals surface area (Å²) >= 11 is 3.72. The van der Waals surface area contributed by atoms with E-state index in [4.69, 9.17) is 0 Å². The van der Waals surface area contributed by atoms with Crippen molar-refractivity contribution < 1.29 is 0 Å². The lowest BCUT2D eigenvalue weighted by atomic mass is 10.1. The molecule has 2 aliphatic carbocycles. The SMILES string of the molecule is CC(C1CC1)N(C)c1ccc(CNC2CC2)c(Br)c1. The quantitative estimate of drug-likeness (QED) is 0.853. The third-order valence-corrected chi connectivity index (χ3v) is 5.26. The molecule has 0 heterocycles. The summed E-state index contributed by atoms with van der Waals surface area (Å²) in [5, 5.41) is 3.57. The van der Waals surface area contributed by atoms with Gasteiger partial charge < -0.3 is 10.2 Å². The third kappa shape index (κ3) is 3.32. The van der Waals surface area contributed by atoms with E-state index in [0.29, 0.717) is 6.04 Å². The lowest BCUT2D eigenvalue weighted by Gasteiger charge is -2.27. The molecule has 0 bridgehead atoms. The molecule has 1 N–H and O–H groups in total. The predicted octanol–water partition coefficient (Wildman–Crippen LogP) is 3.94. The van der Waals surface area contributed by atoms with E-state index >= 15 is 0 Å². The van der Waals surface area contributed by atoms with Crippen LogP contribution in [0.4, 0.5) is 5.69 Å². The Morgan fingerprint density at radius 3 is 2.63 bits per heavy atom. The molecule has 19 heavy (non-hydrogen) atoms. The van der Waals surface area contributed by atoms with E-state index in [1.807, 2.05) is 0 Å². The molecule has 0 aliphatic heterocycles. The molecule has 2 fully saturated rings. The van der Waals surface area contributed by atoms with Crippen LogP contribution in [0.2, 0.25) is 0 Å². The Morgan fingerprint density at radius 2 is 2.05 bits per heavy atom. The van der Waals surface area contributed by atoms with Crippen molar-refractivity contribution in [3.8, 4) is 0 Å². The van der Waals surface area contributed by atoms with Crippen LogP contribution in [0, 0.1) is 5.92 Å². The normalized spacial score (nSPS) is 20.4. The fourth-order valence-electron chi connectivity index (χ4n) is 2.57. The molecule has 0 aromatic heterocycles. The van der Waals surface area contributed by atoms with Crippen molar-refractivity contribution in [3.63, 3.8) is 0 Å². The zero-order valence-electron chi connectivity index (χ0n) is 11.8. The molecule has 104 valence electrons. The summed E-state index contributed by atoms with van der Waals surface area (Å²) in [7, 11) is 2.22. The molecule has 0 saturated heterocycles. The lowest BCUT2D eigenvalue weighted by Crippen LogP contribution is -2.30. The van der Waals surface area contributed by atoms with Crippen molar-refractivity contribution in [2.45, 2.75) is 51.2 Å². The van der Waals surface area contributed by atoms with E-state index in [-0.39, 0.29) is 0 Å². The van der Waals surface area contributed by atoms with Crippen LogP contribution in [-0.2, 0) is 6.54 Å². The van der Waals surface area contributed by atoms with Crippen LogP contribution in [-0.4, -0.2) is 19.1 Å². The summed E-state index contributed by atoms with van der Waals surface area (Å²) in [5.74, 6) is 0.903. The topological polar surface area (TPSA) is 15.3 Å². The number of rotatable bonds is 6. The molecular weight excluding hydrogens is 300 g/mol. The van der Waals surface area contributed by atoms with Crippen LogP contribution < -0.4 is 10.2 Å². The maximum absolute atomic E-state index is 3.72. The number of nitrogens with one attached hydrogen (secondary N) is 1. The van der Waals surface area contributed by atoms with Crippen LogP contribution >= 0.6 is 15.9 Å². The standard InChI is InChI=1S/C16H23BrN2/c1-11(12-3-4-12)19(2)15-8-5-13(16(17)9-15)10-18-14-6-7-14/h5,8-9,11-12,14,18H,3-4,6-7,10H2,1-2H3. The maximum Gasteiger partial charge on any atom is 0.0377 e. The molecule has 3 rings (SSSR count). The van der Waals surface area contributed by atoms with Gasteiger partial charge in [0, 0.05) is 35.8 Å². The minimum atomic E-state index is 0.655. The molecular formula is C16H23BrN2. The molecule has 2 saturated carbocycles. The first-order chi connectivity index (χ1) is 9.15. The minimum absolute atomic E-state index is 0.655. The average molecular weight is 323 g/mol. The highest BCUT2D eigenvalue weighted by Gasteiger charge is 2.30. The van der Waals surface area contributed by atoms with Crippen molar-refractivity contribution in [1.29, 1.82) is 0 Å². The Bertz CT molecular complexity index is 452. The highest BCUT2D eigenvalue weighted by atomic mass is 79.9. The second-order valence-corrected chi connectivity index (χ2v) is 6.97. The summed E-state index contributed by atoms with van der Waals surface area (Å²) in [6, 6.07) is 8.20. The van der Waals surface area contributed by atoms with Gasteiger partial charge in [0.1, 0.15) is 0 Å². The van der Waals surface area contributed by atoms with Crippen molar-refractivity contribution in [2.24, 2.45) is 5.92 Å². The van der Waals surface area contributed by atoms with Crippen molar-refractivity contribution in [3.05, 3.63) is 28.2 Å². The molecule has 1 aromatic carbocycles. The van der Waals surface area contributed by atoms with Gasteiger partial charge in [-0.25, -0.2) is 0 Å². The molecule has 0 amide bonds. The summed E-state index contributed by atoms with van der Waals surface area (Å²) in [6.45, 7) is 3.32. The highest BCUT2D eigenvalue weighted by Crippen LogP contribution is 2.37. The smallest absolute Gasteiger partial charge is 0.0377 e. The summed E-state index contributed by atoms with van der Waals surface area (Å²) < 4.78 is 1.23. The Kier molecular flexibility index (Phi) is 3.86. The van der Waals surface area contributed by atoms with E-state index in [2.05, 4.69) is 58.3 Å². The van der Waals surface area contributed by atoms with Gasteiger partial charge in [0.25, 0.3) is 0 Å². The van der Waals surface area contributed by atoms with Crippen LogP contribution in [0.25, 0.3) is 0 Å². The lowest BCUT2D eigenvalue weighted by molar-refractivity contribution is 0.609. The zero-order valence-corrected chi connectivity index (χ0v) is 13.4. The summed E-state index contributed by atoms with van der Waals surface area (Å²) in [6.07, 6.45) is 5.49. The van der Waals surface area contributed by atoms with Crippen molar-refractivity contribution >= 4 is 21.6 Å². The molecule has 2 nitrogen and oxygen atoms in total. The van der Waals surface area contributed by atoms with E-state index < -0.39 is 0 Å². The number of anilines is 1. The third-order valence-electron chi connectivity index (χ3n) is 4.52. The number of benzene rings is 1. The summed E-state index contributed by atoms with van der Waals surface area (Å²) in [5.41, 5.74) is 2.68. The van der Waals surface area contributed by atoms with E-state index in [1.165, 1.54) is 41.4 Å². The van der Waals surface area contributed by atoms with Crippen LogP contribution in [0.1, 0.15) is 38.2 Å². The first-order valence-corrected chi connectivity index (χ1v) is 8.19. The zero-order chi connectivity index (χ0) is 13.4. The van der Waals surface area contributed by atoms with Crippen LogP contribution in [0.3, 0.4) is 0 Å². The molecule has 0 spiro atoms. The Hall–Kier alpha value is -0.540. The van der Waals surface area contributed by atoms with Gasteiger partial charge in [0.2, 0.25) is 0 Å². The average Bonchev–Trinajstić information content (AvgIpc) is 3.28. The Labute approximate surface area is 124 Å². The molecule has 3 heteroatoms. The molecule has 1 unspecified atom stereocenters.